The number of pyridine rings is 1. The van der Waals surface area contributed by atoms with Crippen molar-refractivity contribution in [3.05, 3.63) is 57.8 Å². The SMILES string of the molecule is CC(C)(C)c1ccccc1OCc1nc(N)ccc1[N+](=O)[O-]. The van der Waals surface area contributed by atoms with Crippen LogP contribution in [-0.2, 0) is 12.0 Å². The molecule has 2 aromatic rings. The molecule has 0 radical (unpaired) electrons. The van der Waals surface area contributed by atoms with Gasteiger partial charge in [0.15, 0.2) is 5.69 Å². The first-order valence-electron chi connectivity index (χ1n) is 6.91. The number of rotatable bonds is 4. The standard InChI is InChI=1S/C16H19N3O3/c1-16(2,3)11-6-4-5-7-14(11)22-10-12-13(19(20)21)8-9-15(17)18-12/h4-9H,10H2,1-3H3,(H2,17,18). The van der Waals surface area contributed by atoms with Crippen molar-refractivity contribution in [1.82, 2.24) is 4.98 Å². The summed E-state index contributed by atoms with van der Waals surface area (Å²) in [5.74, 6) is 0.918. The van der Waals surface area contributed by atoms with Crippen molar-refractivity contribution in [2.75, 3.05) is 5.73 Å². The van der Waals surface area contributed by atoms with E-state index in [1.54, 1.807) is 0 Å². The van der Waals surface area contributed by atoms with Crippen molar-refractivity contribution in [3.8, 4) is 5.75 Å². The zero-order valence-electron chi connectivity index (χ0n) is 12.9. The summed E-state index contributed by atoms with van der Waals surface area (Å²) in [6.07, 6.45) is 0. The highest BCUT2D eigenvalue weighted by Crippen LogP contribution is 2.31. The maximum Gasteiger partial charge on any atom is 0.294 e. The van der Waals surface area contributed by atoms with Crippen LogP contribution in [0.5, 0.6) is 5.75 Å². The second kappa shape index (κ2) is 6.01. The summed E-state index contributed by atoms with van der Waals surface area (Å²) in [7, 11) is 0. The minimum Gasteiger partial charge on any atom is -0.487 e. The highest BCUT2D eigenvalue weighted by molar-refractivity contribution is 5.43. The molecule has 0 bridgehead atoms. The second-order valence-electron chi connectivity index (χ2n) is 5.99. The zero-order chi connectivity index (χ0) is 16.3. The minimum absolute atomic E-state index is 0.00551. The summed E-state index contributed by atoms with van der Waals surface area (Å²) in [5, 5.41) is 11.0. The first-order valence-corrected chi connectivity index (χ1v) is 6.91. The maximum absolute atomic E-state index is 11.0. The third-order valence-corrected chi connectivity index (χ3v) is 3.23. The van der Waals surface area contributed by atoms with Crippen LogP contribution in [0, 0.1) is 10.1 Å². The Morgan fingerprint density at radius 1 is 1.23 bits per heavy atom. The van der Waals surface area contributed by atoms with Gasteiger partial charge in [0.05, 0.1) is 4.92 Å². The average Bonchev–Trinajstić information content (AvgIpc) is 2.44. The van der Waals surface area contributed by atoms with E-state index >= 15 is 0 Å². The normalized spacial score (nSPS) is 11.2. The Morgan fingerprint density at radius 3 is 2.55 bits per heavy atom. The van der Waals surface area contributed by atoms with Crippen LogP contribution in [0.3, 0.4) is 0 Å². The molecule has 1 aromatic carbocycles. The lowest BCUT2D eigenvalue weighted by Gasteiger charge is -2.22. The Morgan fingerprint density at radius 2 is 1.91 bits per heavy atom. The van der Waals surface area contributed by atoms with Gasteiger partial charge in [-0.25, -0.2) is 4.98 Å². The molecule has 6 nitrogen and oxygen atoms in total. The lowest BCUT2D eigenvalue weighted by molar-refractivity contribution is -0.386. The van der Waals surface area contributed by atoms with Gasteiger partial charge in [0.1, 0.15) is 18.2 Å². The van der Waals surface area contributed by atoms with Crippen molar-refractivity contribution in [3.63, 3.8) is 0 Å². The number of hydrogen-bond acceptors (Lipinski definition) is 5. The van der Waals surface area contributed by atoms with Gasteiger partial charge >= 0.3 is 0 Å². The van der Waals surface area contributed by atoms with E-state index in [2.05, 4.69) is 25.8 Å². The van der Waals surface area contributed by atoms with Gasteiger partial charge in [-0.2, -0.15) is 0 Å². The van der Waals surface area contributed by atoms with E-state index in [1.165, 1.54) is 12.1 Å². The second-order valence-corrected chi connectivity index (χ2v) is 5.99. The average molecular weight is 301 g/mol. The van der Waals surface area contributed by atoms with Crippen LogP contribution in [0.2, 0.25) is 0 Å². The molecule has 116 valence electrons. The molecule has 0 amide bonds. The molecule has 2 rings (SSSR count). The highest BCUT2D eigenvalue weighted by atomic mass is 16.6. The van der Waals surface area contributed by atoms with Gasteiger partial charge in [0.2, 0.25) is 0 Å². The molecule has 1 aromatic heterocycles. The fourth-order valence-electron chi connectivity index (χ4n) is 2.14. The largest absolute Gasteiger partial charge is 0.487 e. The first-order chi connectivity index (χ1) is 10.3. The molecule has 6 heteroatoms. The van der Waals surface area contributed by atoms with E-state index < -0.39 is 4.92 Å². The van der Waals surface area contributed by atoms with E-state index in [4.69, 9.17) is 10.5 Å². The lowest BCUT2D eigenvalue weighted by Crippen LogP contribution is -2.14. The Bertz CT molecular complexity index is 693. The fourth-order valence-corrected chi connectivity index (χ4v) is 2.14. The highest BCUT2D eigenvalue weighted by Gasteiger charge is 2.20. The van der Waals surface area contributed by atoms with Gasteiger partial charge in [-0.3, -0.25) is 10.1 Å². The van der Waals surface area contributed by atoms with Gasteiger partial charge in [-0.05, 0) is 23.1 Å². The van der Waals surface area contributed by atoms with Crippen molar-refractivity contribution in [2.24, 2.45) is 0 Å². The quantitative estimate of drug-likeness (QED) is 0.689. The third-order valence-electron chi connectivity index (χ3n) is 3.23. The van der Waals surface area contributed by atoms with Gasteiger partial charge in [-0.15, -0.1) is 0 Å². The number of nitrogens with zero attached hydrogens (tertiary/aromatic N) is 2. The molecule has 0 fully saturated rings. The smallest absolute Gasteiger partial charge is 0.294 e. The van der Waals surface area contributed by atoms with Crippen LogP contribution >= 0.6 is 0 Å². The number of ether oxygens (including phenoxy) is 1. The van der Waals surface area contributed by atoms with Crippen LogP contribution in [-0.4, -0.2) is 9.91 Å². The zero-order valence-corrected chi connectivity index (χ0v) is 12.9. The Kier molecular flexibility index (Phi) is 4.30. The van der Waals surface area contributed by atoms with E-state index in [0.29, 0.717) is 5.75 Å². The fraction of sp³-hybridized carbons (Fsp3) is 0.312. The van der Waals surface area contributed by atoms with Crippen molar-refractivity contribution >= 4 is 11.5 Å². The number of anilines is 1. The van der Waals surface area contributed by atoms with Crippen molar-refractivity contribution in [1.29, 1.82) is 0 Å². The molecular formula is C16H19N3O3. The minimum atomic E-state index is -0.485. The van der Waals surface area contributed by atoms with Crippen LogP contribution in [0.15, 0.2) is 36.4 Å². The third kappa shape index (κ3) is 3.52. The molecule has 0 aliphatic rings. The van der Waals surface area contributed by atoms with Crippen LogP contribution in [0.25, 0.3) is 0 Å². The first kappa shape index (κ1) is 15.8. The molecule has 0 spiro atoms. The van der Waals surface area contributed by atoms with E-state index in [9.17, 15) is 10.1 Å². The number of hydrogen-bond donors (Lipinski definition) is 1. The summed E-state index contributed by atoms with van der Waals surface area (Å²) < 4.78 is 5.77. The van der Waals surface area contributed by atoms with Crippen molar-refractivity contribution < 1.29 is 9.66 Å². The summed E-state index contributed by atoms with van der Waals surface area (Å²) in [6, 6.07) is 10.4. The number of benzene rings is 1. The molecule has 0 unspecified atom stereocenters. The van der Waals surface area contributed by atoms with Crippen molar-refractivity contribution in [2.45, 2.75) is 32.8 Å². The lowest BCUT2D eigenvalue weighted by atomic mass is 9.86. The van der Waals surface area contributed by atoms with E-state index in [-0.39, 0.29) is 29.2 Å². The van der Waals surface area contributed by atoms with Gasteiger partial charge in [0.25, 0.3) is 5.69 Å². The van der Waals surface area contributed by atoms with E-state index in [1.807, 2.05) is 24.3 Å². The number of nitro groups is 1. The molecule has 0 aliphatic carbocycles. The molecule has 2 N–H and O–H groups in total. The molecule has 0 aliphatic heterocycles. The predicted molar refractivity (Wildman–Crippen MR) is 84.8 cm³/mol. The molecular weight excluding hydrogens is 282 g/mol. The van der Waals surface area contributed by atoms with Crippen LogP contribution in [0.1, 0.15) is 32.0 Å². The maximum atomic E-state index is 11.0. The number of para-hydroxylation sites is 1. The summed E-state index contributed by atoms with van der Waals surface area (Å²) in [6.45, 7) is 6.23. The number of nitrogens with two attached hydrogens (primary N) is 1. The Balaban J connectivity index is 2.28. The molecule has 1 heterocycles. The number of nitrogen functional groups attached to an aromatic ring is 1. The summed E-state index contributed by atoms with van der Waals surface area (Å²) in [5.41, 5.74) is 6.67. The van der Waals surface area contributed by atoms with Gasteiger partial charge in [0, 0.05) is 6.07 Å². The van der Waals surface area contributed by atoms with Crippen LogP contribution < -0.4 is 10.5 Å². The molecule has 0 saturated heterocycles. The monoisotopic (exact) mass is 301 g/mol. The van der Waals surface area contributed by atoms with Gasteiger partial charge < -0.3 is 10.5 Å². The van der Waals surface area contributed by atoms with Gasteiger partial charge in [-0.1, -0.05) is 39.0 Å². The Hall–Kier alpha value is -2.63. The predicted octanol–water partition coefficient (Wildman–Crippen LogP) is 3.45. The molecule has 0 atom stereocenters. The molecule has 0 saturated carbocycles. The van der Waals surface area contributed by atoms with E-state index in [0.717, 1.165) is 5.56 Å². The Labute approximate surface area is 129 Å². The number of aromatic nitrogens is 1. The topological polar surface area (TPSA) is 91.3 Å². The van der Waals surface area contributed by atoms with Crippen LogP contribution in [0.4, 0.5) is 11.5 Å². The summed E-state index contributed by atoms with van der Waals surface area (Å²) >= 11 is 0. The summed E-state index contributed by atoms with van der Waals surface area (Å²) in [4.78, 5) is 14.6. The molecule has 22 heavy (non-hydrogen) atoms.